The van der Waals surface area contributed by atoms with Gasteiger partial charge in [0, 0.05) is 30.4 Å². The Morgan fingerprint density at radius 2 is 1.95 bits per heavy atom. The normalized spacial score (nSPS) is 11.0. The summed E-state index contributed by atoms with van der Waals surface area (Å²) in [6.07, 6.45) is 3.21. The van der Waals surface area contributed by atoms with E-state index < -0.39 is 22.8 Å². The van der Waals surface area contributed by atoms with Gasteiger partial charge in [0.15, 0.2) is 0 Å². The minimum Gasteiger partial charge on any atom is -0.329 e. The SMILES string of the molecule is Cn1cc2cc(Nc3nc(=O)n(Cc4ccc[nH]c4=O)c(=O)n3Cc3ccc(F)c(C#N)c3)c(Cl)cc2n1. The summed E-state index contributed by atoms with van der Waals surface area (Å²) in [7, 11) is 1.76. The van der Waals surface area contributed by atoms with Crippen molar-refractivity contribution >= 4 is 34.1 Å². The van der Waals surface area contributed by atoms with Crippen LogP contribution in [0, 0.1) is 17.1 Å². The fourth-order valence-electron chi connectivity index (χ4n) is 3.98. The van der Waals surface area contributed by atoms with Gasteiger partial charge in [-0.1, -0.05) is 23.7 Å². The molecule has 2 N–H and O–H groups in total. The molecule has 2 aromatic carbocycles. The molecule has 0 aliphatic rings. The molecule has 5 aromatic rings. The molecule has 0 saturated heterocycles. The Morgan fingerprint density at radius 3 is 2.71 bits per heavy atom. The molecule has 0 aliphatic carbocycles. The summed E-state index contributed by atoms with van der Waals surface area (Å²) >= 11 is 6.44. The third-order valence-corrected chi connectivity index (χ3v) is 6.14. The van der Waals surface area contributed by atoms with Crippen molar-refractivity contribution in [3.8, 4) is 6.07 Å². The molecule has 0 atom stereocenters. The van der Waals surface area contributed by atoms with Crippen LogP contribution in [0.15, 0.2) is 69.2 Å². The molecule has 3 aromatic heterocycles. The first-order valence-electron chi connectivity index (χ1n) is 11.2. The Labute approximate surface area is 218 Å². The van der Waals surface area contributed by atoms with Crippen molar-refractivity contribution in [3.63, 3.8) is 0 Å². The molecule has 11 nitrogen and oxygen atoms in total. The summed E-state index contributed by atoms with van der Waals surface area (Å²) < 4.78 is 17.5. The number of benzene rings is 2. The van der Waals surface area contributed by atoms with E-state index in [4.69, 9.17) is 11.6 Å². The maximum atomic E-state index is 13.9. The van der Waals surface area contributed by atoms with Crippen LogP contribution in [-0.4, -0.2) is 28.9 Å². The van der Waals surface area contributed by atoms with Crippen LogP contribution in [0.3, 0.4) is 0 Å². The number of nitrogens with one attached hydrogen (secondary N) is 2. The minimum absolute atomic E-state index is 0.133. The first-order chi connectivity index (χ1) is 18.2. The van der Waals surface area contributed by atoms with E-state index in [-0.39, 0.29) is 35.2 Å². The Hall–Kier alpha value is -5.02. The van der Waals surface area contributed by atoms with E-state index in [1.807, 2.05) is 0 Å². The van der Waals surface area contributed by atoms with E-state index in [0.29, 0.717) is 16.8 Å². The largest absolute Gasteiger partial charge is 0.355 e. The molecule has 38 heavy (non-hydrogen) atoms. The standard InChI is InChI=1S/C25H18ClFN8O3/c1-33-12-17-8-21(18(26)9-20(17)32-33)30-23-31-24(37)35(13-15-3-2-6-29-22(15)36)25(38)34(23)11-14-4-5-19(27)16(7-14)10-28/h2-9,12H,11,13H2,1H3,(H,29,36)(H,30,31,37). The summed E-state index contributed by atoms with van der Waals surface area (Å²) in [6, 6.07) is 12.0. The van der Waals surface area contributed by atoms with E-state index in [1.54, 1.807) is 42.2 Å². The van der Waals surface area contributed by atoms with Crippen molar-refractivity contribution in [2.75, 3.05) is 5.32 Å². The third-order valence-electron chi connectivity index (χ3n) is 5.82. The number of H-pyrrole nitrogens is 1. The number of anilines is 2. The zero-order valence-corrected chi connectivity index (χ0v) is 20.5. The molecule has 0 bridgehead atoms. The van der Waals surface area contributed by atoms with Crippen molar-refractivity contribution in [3.05, 3.63) is 114 Å². The van der Waals surface area contributed by atoms with Gasteiger partial charge in [-0.05, 0) is 35.9 Å². The van der Waals surface area contributed by atoms with Crippen LogP contribution in [-0.2, 0) is 20.1 Å². The van der Waals surface area contributed by atoms with Gasteiger partial charge in [0.25, 0.3) is 5.56 Å². The first-order valence-corrected chi connectivity index (χ1v) is 11.6. The van der Waals surface area contributed by atoms with Gasteiger partial charge in [-0.3, -0.25) is 14.0 Å². The maximum Gasteiger partial charge on any atom is 0.355 e. The lowest BCUT2D eigenvalue weighted by atomic mass is 10.1. The number of hydrogen-bond donors (Lipinski definition) is 2. The second kappa shape index (κ2) is 9.79. The summed E-state index contributed by atoms with van der Waals surface area (Å²) in [6.45, 7) is -0.488. The molecule has 0 fully saturated rings. The number of nitrogens with zero attached hydrogens (tertiary/aromatic N) is 6. The number of pyridine rings is 1. The van der Waals surface area contributed by atoms with Gasteiger partial charge in [-0.15, -0.1) is 0 Å². The van der Waals surface area contributed by atoms with E-state index in [9.17, 15) is 24.0 Å². The molecule has 0 spiro atoms. The average Bonchev–Trinajstić information content (AvgIpc) is 3.24. The highest BCUT2D eigenvalue weighted by molar-refractivity contribution is 6.34. The van der Waals surface area contributed by atoms with Crippen molar-refractivity contribution in [2.24, 2.45) is 7.05 Å². The number of hydrogen-bond acceptors (Lipinski definition) is 7. The number of halogens is 2. The predicted molar refractivity (Wildman–Crippen MR) is 138 cm³/mol. The molecule has 0 radical (unpaired) electrons. The molecule has 0 aliphatic heterocycles. The van der Waals surface area contributed by atoms with Gasteiger partial charge in [0.05, 0.1) is 34.9 Å². The molecule has 0 unspecified atom stereocenters. The van der Waals surface area contributed by atoms with Crippen molar-refractivity contribution in [1.29, 1.82) is 5.26 Å². The fraction of sp³-hybridized carbons (Fsp3) is 0.120. The highest BCUT2D eigenvalue weighted by Gasteiger charge is 2.17. The molecule has 5 rings (SSSR count). The summed E-state index contributed by atoms with van der Waals surface area (Å²) in [5.41, 5.74) is -0.738. The number of nitriles is 1. The molecule has 13 heteroatoms. The fourth-order valence-corrected chi connectivity index (χ4v) is 4.18. The zero-order valence-electron chi connectivity index (χ0n) is 19.8. The lowest BCUT2D eigenvalue weighted by molar-refractivity contribution is 0.585. The van der Waals surface area contributed by atoms with Crippen molar-refractivity contribution < 1.29 is 4.39 Å². The predicted octanol–water partition coefficient (Wildman–Crippen LogP) is 2.48. The maximum absolute atomic E-state index is 13.9. The molecular formula is C25H18ClFN8O3. The summed E-state index contributed by atoms with van der Waals surface area (Å²) in [5.74, 6) is -0.837. The smallest absolute Gasteiger partial charge is 0.329 e. The second-order valence-electron chi connectivity index (χ2n) is 8.44. The van der Waals surface area contributed by atoms with E-state index in [1.165, 1.54) is 24.4 Å². The molecule has 0 amide bonds. The molecular weight excluding hydrogens is 515 g/mol. The molecule has 190 valence electrons. The number of aryl methyl sites for hydroxylation is 1. The van der Waals surface area contributed by atoms with Crippen LogP contribution in [0.25, 0.3) is 10.9 Å². The van der Waals surface area contributed by atoms with E-state index in [0.717, 1.165) is 20.6 Å². The topological polar surface area (TPSA) is 143 Å². The van der Waals surface area contributed by atoms with Crippen molar-refractivity contribution in [2.45, 2.75) is 13.1 Å². The Kier molecular flexibility index (Phi) is 6.36. The van der Waals surface area contributed by atoms with Gasteiger partial charge in [-0.25, -0.2) is 18.5 Å². The van der Waals surface area contributed by atoms with Crippen LogP contribution in [0.5, 0.6) is 0 Å². The Bertz CT molecular complexity index is 1930. The monoisotopic (exact) mass is 532 g/mol. The van der Waals surface area contributed by atoms with Crippen LogP contribution < -0.4 is 22.3 Å². The number of fused-ring (bicyclic) bond motifs is 1. The number of aromatic nitrogens is 6. The lowest BCUT2D eigenvalue weighted by Gasteiger charge is -2.16. The number of rotatable bonds is 6. The van der Waals surface area contributed by atoms with Crippen LogP contribution in [0.2, 0.25) is 5.02 Å². The minimum atomic E-state index is -0.896. The van der Waals surface area contributed by atoms with Crippen LogP contribution in [0.4, 0.5) is 16.0 Å². The van der Waals surface area contributed by atoms with Gasteiger partial charge >= 0.3 is 11.4 Å². The average molecular weight is 533 g/mol. The van der Waals surface area contributed by atoms with Gasteiger partial charge in [0.2, 0.25) is 5.95 Å². The van der Waals surface area contributed by atoms with Gasteiger partial charge in [0.1, 0.15) is 11.9 Å². The van der Waals surface area contributed by atoms with E-state index >= 15 is 0 Å². The molecule has 0 saturated carbocycles. The second-order valence-corrected chi connectivity index (χ2v) is 8.85. The lowest BCUT2D eigenvalue weighted by Crippen LogP contribution is -2.43. The summed E-state index contributed by atoms with van der Waals surface area (Å²) in [4.78, 5) is 45.3. The van der Waals surface area contributed by atoms with Gasteiger partial charge in [-0.2, -0.15) is 15.3 Å². The highest BCUT2D eigenvalue weighted by Crippen LogP contribution is 2.29. The van der Waals surface area contributed by atoms with E-state index in [2.05, 4.69) is 20.4 Å². The number of aromatic amines is 1. The van der Waals surface area contributed by atoms with Crippen LogP contribution in [0.1, 0.15) is 16.7 Å². The molecule has 3 heterocycles. The summed E-state index contributed by atoms with van der Waals surface area (Å²) in [5, 5.41) is 17.5. The third kappa shape index (κ3) is 4.70. The Balaban J connectivity index is 1.65. The van der Waals surface area contributed by atoms with Crippen LogP contribution >= 0.6 is 11.6 Å². The Morgan fingerprint density at radius 1 is 1.13 bits per heavy atom. The highest BCUT2D eigenvalue weighted by atomic mass is 35.5. The zero-order chi connectivity index (χ0) is 27.0. The first kappa shape index (κ1) is 24.7. The van der Waals surface area contributed by atoms with Crippen molar-refractivity contribution in [1.82, 2.24) is 28.9 Å². The van der Waals surface area contributed by atoms with Gasteiger partial charge < -0.3 is 10.3 Å². The quantitative estimate of drug-likeness (QED) is 0.342.